The van der Waals surface area contributed by atoms with Crippen LogP contribution in [0.3, 0.4) is 0 Å². The van der Waals surface area contributed by atoms with Crippen molar-refractivity contribution >= 4 is 46.0 Å². The minimum atomic E-state index is 0.496. The molecule has 0 atom stereocenters. The highest BCUT2D eigenvalue weighted by molar-refractivity contribution is 7.80. The van der Waals surface area contributed by atoms with Crippen LogP contribution in [0.15, 0.2) is 47.6 Å². The summed E-state index contributed by atoms with van der Waals surface area (Å²) in [5, 5.41) is 7.83. The molecule has 0 unspecified atom stereocenters. The van der Waals surface area contributed by atoms with Crippen LogP contribution in [-0.4, -0.2) is 10.8 Å². The van der Waals surface area contributed by atoms with Crippen LogP contribution in [0.4, 0.5) is 0 Å². The van der Waals surface area contributed by atoms with E-state index in [9.17, 15) is 0 Å². The fourth-order valence-electron chi connectivity index (χ4n) is 1.52. The maximum absolute atomic E-state index is 5.89. The van der Waals surface area contributed by atoms with Gasteiger partial charge in [-0.1, -0.05) is 41.9 Å². The largest absolute Gasteiger partial charge is 0.357 e. The molecule has 1 aromatic carbocycles. The lowest BCUT2D eigenvalue weighted by Gasteiger charge is -2.07. The van der Waals surface area contributed by atoms with Crippen LogP contribution in [0, 0.1) is 0 Å². The summed E-state index contributed by atoms with van der Waals surface area (Å²) in [5.74, 6) is 0. The molecule has 0 radical (unpaired) electrons. The molecule has 0 saturated heterocycles. The number of hydrazone groups is 1. The molecular weight excluding hydrogens is 310 g/mol. The van der Waals surface area contributed by atoms with E-state index in [1.165, 1.54) is 16.9 Å². The Bertz CT molecular complexity index is 608. The topological polar surface area (TPSA) is 36.4 Å². The molecule has 0 amide bonds. The van der Waals surface area contributed by atoms with Gasteiger partial charge in [0, 0.05) is 6.54 Å². The summed E-state index contributed by atoms with van der Waals surface area (Å²) in [5.41, 5.74) is 4.85. The van der Waals surface area contributed by atoms with Crippen molar-refractivity contribution in [3.63, 3.8) is 0 Å². The van der Waals surface area contributed by atoms with Gasteiger partial charge in [-0.15, -0.1) is 11.3 Å². The van der Waals surface area contributed by atoms with Crippen LogP contribution in [0.2, 0.25) is 4.34 Å². The maximum atomic E-state index is 5.89. The Morgan fingerprint density at radius 2 is 2.00 bits per heavy atom. The van der Waals surface area contributed by atoms with E-state index in [2.05, 4.69) is 15.8 Å². The lowest BCUT2D eigenvalue weighted by atomic mass is 10.2. The van der Waals surface area contributed by atoms with Gasteiger partial charge in [-0.05, 0) is 36.8 Å². The highest BCUT2D eigenvalue weighted by Gasteiger charge is 2.02. The fraction of sp³-hybridized carbons (Fsp3) is 0.143. The van der Waals surface area contributed by atoms with E-state index in [1.54, 1.807) is 0 Å². The van der Waals surface area contributed by atoms with E-state index < -0.39 is 0 Å². The molecule has 0 aliphatic rings. The van der Waals surface area contributed by atoms with Crippen molar-refractivity contribution < 1.29 is 0 Å². The number of thiocarbonyl (C=S) groups is 1. The molecule has 0 aliphatic carbocycles. The summed E-state index contributed by atoms with van der Waals surface area (Å²) in [7, 11) is 0. The zero-order valence-corrected chi connectivity index (χ0v) is 13.3. The Hall–Kier alpha value is -1.43. The number of thiophene rings is 1. The maximum Gasteiger partial charge on any atom is 0.187 e. The van der Waals surface area contributed by atoms with Gasteiger partial charge in [0.25, 0.3) is 0 Å². The van der Waals surface area contributed by atoms with Gasteiger partial charge < -0.3 is 5.32 Å². The smallest absolute Gasteiger partial charge is 0.187 e. The molecule has 0 aliphatic heterocycles. The molecule has 0 saturated carbocycles. The van der Waals surface area contributed by atoms with Crippen molar-refractivity contribution in [1.82, 2.24) is 10.7 Å². The van der Waals surface area contributed by atoms with E-state index in [-0.39, 0.29) is 0 Å². The number of nitrogens with zero attached hydrogens (tertiary/aromatic N) is 1. The number of benzene rings is 1. The molecule has 104 valence electrons. The van der Waals surface area contributed by atoms with Crippen molar-refractivity contribution in [2.45, 2.75) is 13.5 Å². The molecule has 2 rings (SSSR count). The van der Waals surface area contributed by atoms with Gasteiger partial charge >= 0.3 is 0 Å². The van der Waals surface area contributed by atoms with Crippen LogP contribution in [0.1, 0.15) is 17.4 Å². The summed E-state index contributed by atoms with van der Waals surface area (Å²) >= 11 is 12.6. The van der Waals surface area contributed by atoms with E-state index >= 15 is 0 Å². The molecule has 1 aromatic heterocycles. The molecule has 0 spiro atoms. The number of nitrogens with one attached hydrogen (secondary N) is 2. The molecule has 20 heavy (non-hydrogen) atoms. The van der Waals surface area contributed by atoms with Gasteiger partial charge in [-0.25, -0.2) is 0 Å². The van der Waals surface area contributed by atoms with E-state index in [4.69, 9.17) is 23.8 Å². The second kappa shape index (κ2) is 7.38. The number of hydrogen-bond acceptors (Lipinski definition) is 3. The summed E-state index contributed by atoms with van der Waals surface area (Å²) in [6.45, 7) is 2.58. The van der Waals surface area contributed by atoms with Crippen molar-refractivity contribution in [2.24, 2.45) is 5.10 Å². The van der Waals surface area contributed by atoms with Gasteiger partial charge in [-0.2, -0.15) is 5.10 Å². The van der Waals surface area contributed by atoms with Gasteiger partial charge in [0.15, 0.2) is 5.11 Å². The predicted molar refractivity (Wildman–Crippen MR) is 90.6 cm³/mol. The summed E-state index contributed by atoms with van der Waals surface area (Å²) < 4.78 is 0.749. The monoisotopic (exact) mass is 323 g/mol. The van der Waals surface area contributed by atoms with Crippen LogP contribution in [0.25, 0.3) is 0 Å². The SMILES string of the molecule is C/C(=N\NC(=S)NCc1ccccc1)c1ccc(Cl)s1. The molecule has 3 nitrogen and oxygen atoms in total. The first-order chi connectivity index (χ1) is 9.65. The summed E-state index contributed by atoms with van der Waals surface area (Å²) in [6.07, 6.45) is 0. The minimum Gasteiger partial charge on any atom is -0.357 e. The third-order valence-electron chi connectivity index (χ3n) is 2.55. The Morgan fingerprint density at radius 1 is 1.25 bits per heavy atom. The van der Waals surface area contributed by atoms with Gasteiger partial charge in [0.05, 0.1) is 14.9 Å². The van der Waals surface area contributed by atoms with Crippen molar-refractivity contribution in [3.05, 3.63) is 57.2 Å². The molecule has 1 heterocycles. The highest BCUT2D eigenvalue weighted by atomic mass is 35.5. The van der Waals surface area contributed by atoms with Gasteiger partial charge in [0.1, 0.15) is 0 Å². The van der Waals surface area contributed by atoms with E-state index in [1.807, 2.05) is 49.4 Å². The molecule has 6 heteroatoms. The second-order valence-corrected chi connectivity index (χ2v) is 6.20. The molecule has 2 N–H and O–H groups in total. The van der Waals surface area contributed by atoms with E-state index in [0.29, 0.717) is 11.7 Å². The Labute approximate surface area is 132 Å². The lowest BCUT2D eigenvalue weighted by molar-refractivity contribution is 0.867. The number of rotatable bonds is 4. The molecule has 0 bridgehead atoms. The zero-order chi connectivity index (χ0) is 14.4. The number of hydrogen-bond donors (Lipinski definition) is 2. The first-order valence-corrected chi connectivity index (χ1v) is 7.63. The van der Waals surface area contributed by atoms with E-state index in [0.717, 1.165) is 14.9 Å². The van der Waals surface area contributed by atoms with Crippen molar-refractivity contribution in [3.8, 4) is 0 Å². The normalized spacial score (nSPS) is 11.2. The van der Waals surface area contributed by atoms with Crippen molar-refractivity contribution in [1.29, 1.82) is 0 Å². The van der Waals surface area contributed by atoms with Gasteiger partial charge in [-0.3, -0.25) is 5.43 Å². The lowest BCUT2D eigenvalue weighted by Crippen LogP contribution is -2.32. The highest BCUT2D eigenvalue weighted by Crippen LogP contribution is 2.21. The average molecular weight is 324 g/mol. The average Bonchev–Trinajstić information content (AvgIpc) is 2.90. The van der Waals surface area contributed by atoms with Crippen molar-refractivity contribution in [2.75, 3.05) is 0 Å². The Morgan fingerprint density at radius 3 is 2.65 bits per heavy atom. The predicted octanol–water partition coefficient (Wildman–Crippen LogP) is 3.79. The van der Waals surface area contributed by atoms with Gasteiger partial charge in [0.2, 0.25) is 0 Å². The van der Waals surface area contributed by atoms with Crippen LogP contribution in [0.5, 0.6) is 0 Å². The molecule has 2 aromatic rings. The number of halogens is 1. The zero-order valence-electron chi connectivity index (χ0n) is 10.9. The summed E-state index contributed by atoms with van der Waals surface area (Å²) in [4.78, 5) is 1.02. The molecular formula is C14H14ClN3S2. The van der Waals surface area contributed by atoms with Crippen LogP contribution >= 0.6 is 35.2 Å². The van der Waals surface area contributed by atoms with Crippen LogP contribution in [-0.2, 0) is 6.54 Å². The minimum absolute atomic E-state index is 0.496. The first kappa shape index (κ1) is 15.0. The Balaban J connectivity index is 1.83. The summed E-state index contributed by atoms with van der Waals surface area (Å²) in [6, 6.07) is 13.8. The first-order valence-electron chi connectivity index (χ1n) is 6.03. The fourth-order valence-corrected chi connectivity index (χ4v) is 2.62. The quantitative estimate of drug-likeness (QED) is 0.510. The third kappa shape index (κ3) is 4.59. The molecule has 0 fully saturated rings. The Kier molecular flexibility index (Phi) is 5.52. The third-order valence-corrected chi connectivity index (χ3v) is 4.13. The van der Waals surface area contributed by atoms with Crippen LogP contribution < -0.4 is 10.7 Å². The standard InChI is InChI=1S/C14H14ClN3S2/c1-10(12-7-8-13(15)20-12)17-18-14(19)16-9-11-5-3-2-4-6-11/h2-8H,9H2,1H3,(H2,16,18,19)/b17-10+. The second-order valence-electron chi connectivity index (χ2n) is 4.08.